The number of aromatic nitrogens is 1. The maximum atomic E-state index is 13.5. The van der Waals surface area contributed by atoms with Gasteiger partial charge in [0, 0.05) is 17.7 Å². The average Bonchev–Trinajstić information content (AvgIpc) is 2.61. The van der Waals surface area contributed by atoms with E-state index in [2.05, 4.69) is 5.32 Å². The number of hydrogen-bond donors (Lipinski definition) is 1. The van der Waals surface area contributed by atoms with Gasteiger partial charge in [-0.25, -0.2) is 0 Å². The van der Waals surface area contributed by atoms with E-state index in [9.17, 15) is 23.4 Å². The number of halogens is 3. The predicted octanol–water partition coefficient (Wildman–Crippen LogP) is 2.94. The molecule has 8 heteroatoms. The number of thiocarbonyl (C=S) groups is 1. The number of amides is 1. The van der Waals surface area contributed by atoms with Gasteiger partial charge in [0.2, 0.25) is 6.04 Å². The Labute approximate surface area is 152 Å². The van der Waals surface area contributed by atoms with Gasteiger partial charge < -0.3 is 10.7 Å². The molecule has 0 spiro atoms. The zero-order valence-electron chi connectivity index (χ0n) is 13.2. The van der Waals surface area contributed by atoms with Gasteiger partial charge in [0.25, 0.3) is 5.91 Å². The van der Waals surface area contributed by atoms with E-state index < -0.39 is 29.6 Å². The van der Waals surface area contributed by atoms with Crippen LogP contribution in [0.2, 0.25) is 0 Å². The first kappa shape index (κ1) is 18.0. The smallest absolute Gasteiger partial charge is 0.416 e. The number of benzene rings is 1. The highest BCUT2D eigenvalue weighted by Crippen LogP contribution is 2.42. The minimum Gasteiger partial charge on any atom is -0.763 e. The maximum absolute atomic E-state index is 13.5. The van der Waals surface area contributed by atoms with Crippen LogP contribution in [0.5, 0.6) is 0 Å². The molecule has 1 amide bonds. The summed E-state index contributed by atoms with van der Waals surface area (Å²) in [5.41, 5.74) is -1.12. The van der Waals surface area contributed by atoms with Crippen molar-refractivity contribution in [2.45, 2.75) is 18.1 Å². The summed E-state index contributed by atoms with van der Waals surface area (Å²) in [5.74, 6) is 0.172. The lowest BCUT2D eigenvalue weighted by atomic mass is 9.79. The summed E-state index contributed by atoms with van der Waals surface area (Å²) in [6.45, 7) is 0. The van der Waals surface area contributed by atoms with Gasteiger partial charge in [0.1, 0.15) is 4.99 Å². The molecule has 132 valence electrons. The maximum Gasteiger partial charge on any atom is 0.416 e. The third kappa shape index (κ3) is 3.16. The highest BCUT2D eigenvalue weighted by Gasteiger charge is 2.48. The number of hydrogen-bond acceptors (Lipinski definition) is 2. The fourth-order valence-electron chi connectivity index (χ4n) is 3.08. The molecule has 1 N–H and O–H groups in total. The fourth-order valence-corrected chi connectivity index (χ4v) is 3.35. The third-order valence-corrected chi connectivity index (χ3v) is 4.48. The van der Waals surface area contributed by atoms with Crippen LogP contribution < -0.4 is 9.88 Å². The van der Waals surface area contributed by atoms with Crippen LogP contribution in [-0.2, 0) is 11.0 Å². The van der Waals surface area contributed by atoms with Crippen molar-refractivity contribution in [3.8, 4) is 0 Å². The standard InChI is InChI=1S/C18H12F3N3OS/c19-18(20,21)13-7-3-2-6-11(13)14-12(10-22)17(26)23-16(25)15(14)24-8-4-1-5-9-24/h1-9,14-15H,(H,23,25,26). The Bertz CT molecular complexity index is 921. The summed E-state index contributed by atoms with van der Waals surface area (Å²) in [4.78, 5) is 12.4. The topological polar surface area (TPSA) is 55.3 Å². The number of piperidine rings is 1. The zero-order valence-corrected chi connectivity index (χ0v) is 14.0. The second kappa shape index (κ2) is 6.82. The molecule has 0 radical (unpaired) electrons. The van der Waals surface area contributed by atoms with Crippen LogP contribution in [0.1, 0.15) is 23.1 Å². The molecule has 2 atom stereocenters. The molecule has 1 fully saturated rings. The SMILES string of the molecule is [N-]=C=C1C(=S)NC(=O)C([n+]2ccccc2)C1c1ccccc1C(F)(F)F. The first-order valence-electron chi connectivity index (χ1n) is 7.58. The summed E-state index contributed by atoms with van der Waals surface area (Å²) in [7, 11) is 0. The molecule has 26 heavy (non-hydrogen) atoms. The van der Waals surface area contributed by atoms with Crippen LogP contribution in [0.25, 0.3) is 5.41 Å². The van der Waals surface area contributed by atoms with Crippen LogP contribution in [0.4, 0.5) is 13.2 Å². The lowest BCUT2D eigenvalue weighted by Gasteiger charge is -2.31. The highest BCUT2D eigenvalue weighted by molar-refractivity contribution is 7.80. The zero-order chi connectivity index (χ0) is 18.9. The summed E-state index contributed by atoms with van der Waals surface area (Å²) < 4.78 is 42.1. The minimum atomic E-state index is -4.63. The van der Waals surface area contributed by atoms with Crippen molar-refractivity contribution < 1.29 is 22.5 Å². The Hall–Kier alpha value is -2.83. The molecule has 1 aliphatic rings. The van der Waals surface area contributed by atoms with Crippen molar-refractivity contribution in [1.82, 2.24) is 5.32 Å². The number of nitrogens with one attached hydrogen (secondary N) is 1. The van der Waals surface area contributed by atoms with Crippen molar-refractivity contribution in [3.63, 3.8) is 0 Å². The van der Waals surface area contributed by atoms with E-state index in [1.165, 1.54) is 22.8 Å². The molecule has 2 aromatic rings. The predicted molar refractivity (Wildman–Crippen MR) is 92.5 cm³/mol. The van der Waals surface area contributed by atoms with Crippen LogP contribution in [-0.4, -0.2) is 16.8 Å². The Balaban J connectivity index is 2.27. The van der Waals surface area contributed by atoms with E-state index in [-0.39, 0.29) is 16.1 Å². The lowest BCUT2D eigenvalue weighted by molar-refractivity contribution is -0.711. The quantitative estimate of drug-likeness (QED) is 0.380. The van der Waals surface area contributed by atoms with E-state index in [0.29, 0.717) is 0 Å². The Kier molecular flexibility index (Phi) is 4.71. The number of nitrogens with zero attached hydrogens (tertiary/aromatic N) is 2. The van der Waals surface area contributed by atoms with Gasteiger partial charge in [-0.15, -0.1) is 0 Å². The second-order valence-corrected chi connectivity index (χ2v) is 6.08. The molecule has 1 aliphatic heterocycles. The number of carbonyl (C=O) groups excluding carboxylic acids is 1. The molecule has 1 saturated heterocycles. The van der Waals surface area contributed by atoms with E-state index in [1.54, 1.807) is 30.6 Å². The van der Waals surface area contributed by atoms with Gasteiger partial charge >= 0.3 is 6.18 Å². The molecule has 2 unspecified atom stereocenters. The van der Waals surface area contributed by atoms with Crippen molar-refractivity contribution in [2.24, 2.45) is 0 Å². The van der Waals surface area contributed by atoms with Gasteiger partial charge in [-0.2, -0.15) is 17.7 Å². The van der Waals surface area contributed by atoms with E-state index >= 15 is 0 Å². The molecular weight excluding hydrogens is 363 g/mol. The molecule has 0 saturated carbocycles. The fraction of sp³-hybridized carbons (Fsp3) is 0.167. The summed E-state index contributed by atoms with van der Waals surface area (Å²) in [5, 5.41) is 11.9. The Morgan fingerprint density at radius 3 is 2.38 bits per heavy atom. The van der Waals surface area contributed by atoms with Crippen LogP contribution in [0.3, 0.4) is 0 Å². The summed E-state index contributed by atoms with van der Waals surface area (Å²) in [6.07, 6.45) is -1.49. The van der Waals surface area contributed by atoms with Crippen molar-refractivity contribution >= 4 is 29.0 Å². The van der Waals surface area contributed by atoms with Gasteiger partial charge in [0.15, 0.2) is 12.4 Å². The van der Waals surface area contributed by atoms with E-state index in [4.69, 9.17) is 12.2 Å². The number of carbonyl (C=O) groups is 1. The van der Waals surface area contributed by atoms with Gasteiger partial charge in [-0.1, -0.05) is 36.5 Å². The van der Waals surface area contributed by atoms with Crippen LogP contribution in [0, 0.1) is 0 Å². The van der Waals surface area contributed by atoms with Crippen LogP contribution >= 0.6 is 12.2 Å². The molecule has 0 aliphatic carbocycles. The third-order valence-electron chi connectivity index (χ3n) is 4.16. The first-order chi connectivity index (χ1) is 12.3. The normalized spacial score (nSPS) is 20.5. The summed E-state index contributed by atoms with van der Waals surface area (Å²) >= 11 is 5.04. The largest absolute Gasteiger partial charge is 0.763 e. The molecule has 3 rings (SSSR count). The van der Waals surface area contributed by atoms with Crippen molar-refractivity contribution in [2.75, 3.05) is 0 Å². The van der Waals surface area contributed by atoms with Gasteiger partial charge in [-0.05, 0) is 11.6 Å². The lowest BCUT2D eigenvalue weighted by Crippen LogP contribution is -2.56. The summed E-state index contributed by atoms with van der Waals surface area (Å²) in [6, 6.07) is 8.88. The monoisotopic (exact) mass is 375 g/mol. The molecule has 0 bridgehead atoms. The molecule has 4 nitrogen and oxygen atoms in total. The Morgan fingerprint density at radius 2 is 1.77 bits per heavy atom. The first-order valence-corrected chi connectivity index (χ1v) is 7.99. The number of alkyl halides is 3. The van der Waals surface area contributed by atoms with E-state index in [0.717, 1.165) is 6.07 Å². The van der Waals surface area contributed by atoms with Crippen molar-refractivity contribution in [3.05, 3.63) is 77.0 Å². The van der Waals surface area contributed by atoms with Gasteiger partial charge in [-0.3, -0.25) is 10.7 Å². The molecule has 1 aromatic heterocycles. The highest BCUT2D eigenvalue weighted by atomic mass is 32.1. The minimum absolute atomic E-state index is 0.0716. The van der Waals surface area contributed by atoms with Crippen LogP contribution in [0.15, 0.2) is 60.4 Å². The molecule has 2 heterocycles. The molecular formula is C18H12F3N3OS. The number of pyridine rings is 1. The molecule has 1 aromatic carbocycles. The average molecular weight is 375 g/mol. The van der Waals surface area contributed by atoms with E-state index in [1.807, 2.05) is 5.87 Å². The van der Waals surface area contributed by atoms with Crippen molar-refractivity contribution in [1.29, 1.82) is 0 Å². The number of rotatable bonds is 2. The Morgan fingerprint density at radius 1 is 1.12 bits per heavy atom. The second-order valence-electron chi connectivity index (χ2n) is 5.67. The van der Waals surface area contributed by atoms with Gasteiger partial charge in [0.05, 0.1) is 11.5 Å².